The zero-order valence-corrected chi connectivity index (χ0v) is 12.1. The van der Waals surface area contributed by atoms with E-state index in [1.807, 2.05) is 0 Å². The van der Waals surface area contributed by atoms with Crippen molar-refractivity contribution < 1.29 is 13.9 Å². The van der Waals surface area contributed by atoms with E-state index in [-0.39, 0.29) is 17.5 Å². The minimum atomic E-state index is -1.33. The van der Waals surface area contributed by atoms with Crippen molar-refractivity contribution in [2.24, 2.45) is 0 Å². The summed E-state index contributed by atoms with van der Waals surface area (Å²) in [6.07, 6.45) is -1.35. The van der Waals surface area contributed by atoms with Crippen LogP contribution in [0.25, 0.3) is 0 Å². The Hall–Kier alpha value is -1.16. The van der Waals surface area contributed by atoms with Crippen molar-refractivity contribution in [3.63, 3.8) is 0 Å². The number of aliphatic hydroxyl groups excluding tert-OH is 1. The maximum absolute atomic E-state index is 13.9. The molecule has 0 radical (unpaired) electrons. The lowest BCUT2D eigenvalue weighted by Crippen LogP contribution is -2.09. The molecule has 0 spiro atoms. The molecule has 2 rings (SSSR count). The van der Waals surface area contributed by atoms with Crippen molar-refractivity contribution in [1.29, 1.82) is 0 Å². The quantitative estimate of drug-likeness (QED) is 0.857. The highest BCUT2D eigenvalue weighted by Gasteiger charge is 2.20. The van der Waals surface area contributed by atoms with Crippen LogP contribution in [0.1, 0.15) is 22.8 Å². The van der Waals surface area contributed by atoms with E-state index in [1.165, 1.54) is 13.0 Å². The number of rotatable bonds is 3. The number of hydrogen-bond donors (Lipinski definition) is 1. The van der Waals surface area contributed by atoms with E-state index in [4.69, 9.17) is 23.2 Å². The van der Waals surface area contributed by atoms with Crippen molar-refractivity contribution in [3.8, 4) is 0 Å². The predicted molar refractivity (Wildman–Crippen MR) is 76.2 cm³/mol. The molecule has 1 unspecified atom stereocenters. The molecule has 0 heterocycles. The van der Waals surface area contributed by atoms with Crippen LogP contribution in [0.2, 0.25) is 10.0 Å². The Balaban J connectivity index is 2.35. The summed E-state index contributed by atoms with van der Waals surface area (Å²) in [5.74, 6) is -1.52. The van der Waals surface area contributed by atoms with Gasteiger partial charge in [0, 0.05) is 16.5 Å². The van der Waals surface area contributed by atoms with Gasteiger partial charge in [0.1, 0.15) is 11.6 Å². The third-order valence-corrected chi connectivity index (χ3v) is 3.68. The summed E-state index contributed by atoms with van der Waals surface area (Å²) in [5.41, 5.74) is 0.464. The van der Waals surface area contributed by atoms with Gasteiger partial charge in [0.05, 0.1) is 11.7 Å². The molecule has 0 fully saturated rings. The van der Waals surface area contributed by atoms with Gasteiger partial charge in [0.25, 0.3) is 0 Å². The molecule has 0 aliphatic heterocycles. The van der Waals surface area contributed by atoms with Gasteiger partial charge in [-0.15, -0.1) is 0 Å². The molecule has 1 atom stereocenters. The van der Waals surface area contributed by atoms with Gasteiger partial charge in [-0.1, -0.05) is 29.3 Å². The summed E-state index contributed by atoms with van der Waals surface area (Å²) in [5, 5.41) is 10.9. The average molecular weight is 317 g/mol. The molecule has 0 saturated carbocycles. The van der Waals surface area contributed by atoms with Gasteiger partial charge in [-0.3, -0.25) is 0 Å². The van der Waals surface area contributed by atoms with Gasteiger partial charge < -0.3 is 5.11 Å². The summed E-state index contributed by atoms with van der Waals surface area (Å²) in [6.45, 7) is 1.51. The van der Waals surface area contributed by atoms with Crippen molar-refractivity contribution in [3.05, 3.63) is 68.7 Å². The highest BCUT2D eigenvalue weighted by Crippen LogP contribution is 2.29. The standard InChI is InChI=1S/C15H12Cl2F2O/c1-8-2-5-12(18)14(15(8)19)13(20)7-9-6-10(16)3-4-11(9)17/h2-6,13,20H,7H2,1H3. The van der Waals surface area contributed by atoms with Crippen LogP contribution in [0.4, 0.5) is 8.78 Å². The molecule has 0 aliphatic rings. The second-order valence-corrected chi connectivity index (χ2v) is 5.39. The number of aryl methyl sites for hydroxylation is 1. The Labute approximate surface area is 125 Å². The molecule has 0 aliphatic carbocycles. The third-order valence-electron chi connectivity index (χ3n) is 3.07. The lowest BCUT2D eigenvalue weighted by molar-refractivity contribution is 0.168. The Kier molecular flexibility index (Phi) is 4.63. The van der Waals surface area contributed by atoms with E-state index < -0.39 is 17.7 Å². The number of halogens is 4. The van der Waals surface area contributed by atoms with E-state index in [9.17, 15) is 13.9 Å². The first-order valence-corrected chi connectivity index (χ1v) is 6.72. The molecule has 0 saturated heterocycles. The Bertz CT molecular complexity index is 644. The fourth-order valence-corrected chi connectivity index (χ4v) is 2.38. The minimum Gasteiger partial charge on any atom is -0.388 e. The van der Waals surface area contributed by atoms with Crippen LogP contribution >= 0.6 is 23.2 Å². The first-order valence-electron chi connectivity index (χ1n) is 5.96. The van der Waals surface area contributed by atoms with Crippen LogP contribution in [0, 0.1) is 18.6 Å². The zero-order chi connectivity index (χ0) is 14.9. The predicted octanol–water partition coefficient (Wildman–Crippen LogP) is 4.86. The molecule has 1 nitrogen and oxygen atoms in total. The normalized spacial score (nSPS) is 12.5. The van der Waals surface area contributed by atoms with Crippen molar-refractivity contribution in [2.75, 3.05) is 0 Å². The average Bonchev–Trinajstić information content (AvgIpc) is 2.39. The van der Waals surface area contributed by atoms with Gasteiger partial charge in [0.15, 0.2) is 0 Å². The zero-order valence-electron chi connectivity index (χ0n) is 10.6. The van der Waals surface area contributed by atoms with E-state index in [2.05, 4.69) is 0 Å². The van der Waals surface area contributed by atoms with Gasteiger partial charge >= 0.3 is 0 Å². The molecular weight excluding hydrogens is 305 g/mol. The van der Waals surface area contributed by atoms with E-state index in [0.717, 1.165) is 6.07 Å². The van der Waals surface area contributed by atoms with E-state index >= 15 is 0 Å². The number of hydrogen-bond acceptors (Lipinski definition) is 1. The highest BCUT2D eigenvalue weighted by atomic mass is 35.5. The summed E-state index contributed by atoms with van der Waals surface area (Å²) >= 11 is 11.8. The van der Waals surface area contributed by atoms with Gasteiger partial charge in [-0.2, -0.15) is 0 Å². The van der Waals surface area contributed by atoms with Crippen molar-refractivity contribution in [2.45, 2.75) is 19.4 Å². The van der Waals surface area contributed by atoms with Crippen molar-refractivity contribution >= 4 is 23.2 Å². The molecule has 0 aromatic heterocycles. The summed E-state index contributed by atoms with van der Waals surface area (Å²) in [4.78, 5) is 0. The molecule has 0 amide bonds. The molecular formula is C15H12Cl2F2O. The van der Waals surface area contributed by atoms with Crippen LogP contribution < -0.4 is 0 Å². The third kappa shape index (κ3) is 3.11. The van der Waals surface area contributed by atoms with Crippen LogP contribution in [0.5, 0.6) is 0 Å². The summed E-state index contributed by atoms with van der Waals surface area (Å²) < 4.78 is 27.6. The number of aliphatic hydroxyl groups is 1. The Morgan fingerprint density at radius 1 is 1.15 bits per heavy atom. The van der Waals surface area contributed by atoms with Crippen LogP contribution in [0.3, 0.4) is 0 Å². The summed E-state index contributed by atoms with van der Waals surface area (Å²) in [6, 6.07) is 7.21. The number of benzene rings is 2. The molecule has 5 heteroatoms. The second-order valence-electron chi connectivity index (χ2n) is 4.55. The molecule has 0 bridgehead atoms. The van der Waals surface area contributed by atoms with Crippen LogP contribution in [0.15, 0.2) is 30.3 Å². The van der Waals surface area contributed by atoms with Crippen LogP contribution in [-0.4, -0.2) is 5.11 Å². The molecule has 2 aromatic rings. The lowest BCUT2D eigenvalue weighted by atomic mass is 9.98. The SMILES string of the molecule is Cc1ccc(F)c(C(O)Cc2cc(Cl)ccc2Cl)c1F. The van der Waals surface area contributed by atoms with Gasteiger partial charge in [-0.05, 0) is 42.3 Å². The first-order chi connectivity index (χ1) is 9.40. The fourth-order valence-electron chi connectivity index (χ4n) is 1.99. The van der Waals surface area contributed by atoms with Crippen LogP contribution in [-0.2, 0) is 6.42 Å². The van der Waals surface area contributed by atoms with E-state index in [0.29, 0.717) is 15.6 Å². The second kappa shape index (κ2) is 6.08. The van der Waals surface area contributed by atoms with E-state index in [1.54, 1.807) is 18.2 Å². The maximum atomic E-state index is 13.9. The Morgan fingerprint density at radius 2 is 1.85 bits per heavy atom. The van der Waals surface area contributed by atoms with Gasteiger partial charge in [0.2, 0.25) is 0 Å². The van der Waals surface area contributed by atoms with Crippen molar-refractivity contribution in [1.82, 2.24) is 0 Å². The topological polar surface area (TPSA) is 20.2 Å². The first kappa shape index (κ1) is 15.2. The van der Waals surface area contributed by atoms with Gasteiger partial charge in [-0.25, -0.2) is 8.78 Å². The fraction of sp³-hybridized carbons (Fsp3) is 0.200. The smallest absolute Gasteiger partial charge is 0.134 e. The summed E-state index contributed by atoms with van der Waals surface area (Å²) in [7, 11) is 0. The maximum Gasteiger partial charge on any atom is 0.134 e. The minimum absolute atomic E-state index is 0.0172. The highest BCUT2D eigenvalue weighted by molar-refractivity contribution is 6.33. The largest absolute Gasteiger partial charge is 0.388 e. The molecule has 1 N–H and O–H groups in total. The molecule has 2 aromatic carbocycles. The molecule has 20 heavy (non-hydrogen) atoms. The lowest BCUT2D eigenvalue weighted by Gasteiger charge is -2.15. The molecule has 106 valence electrons. The Morgan fingerprint density at radius 3 is 2.55 bits per heavy atom. The monoisotopic (exact) mass is 316 g/mol.